The Balaban J connectivity index is 2.18. The predicted octanol–water partition coefficient (Wildman–Crippen LogP) is 3.58. The van der Waals surface area contributed by atoms with Crippen LogP contribution in [0.4, 0.5) is 0 Å². The Morgan fingerprint density at radius 2 is 2.00 bits per heavy atom. The summed E-state index contributed by atoms with van der Waals surface area (Å²) < 4.78 is 0. The van der Waals surface area contributed by atoms with Crippen molar-refractivity contribution in [2.24, 2.45) is 5.73 Å². The Kier molecular flexibility index (Phi) is 4.46. The molecule has 2 rings (SSSR count). The molecule has 17 heavy (non-hydrogen) atoms. The summed E-state index contributed by atoms with van der Waals surface area (Å²) in [4.78, 5) is 5.87. The maximum Gasteiger partial charge on any atom is 0.0431 e. The van der Waals surface area contributed by atoms with E-state index >= 15 is 0 Å². The maximum absolute atomic E-state index is 5.85. The number of hydrogen-bond acceptors (Lipinski definition) is 3. The van der Waals surface area contributed by atoms with E-state index in [-0.39, 0.29) is 0 Å². The highest BCUT2D eigenvalue weighted by atomic mass is 32.2. The molecule has 1 aliphatic rings. The SMILES string of the molecule is Cc1cc(SC2CCCCC2)c(CN)c(C)n1. The molecule has 0 unspecified atom stereocenters. The number of nitrogens with zero attached hydrogens (tertiary/aromatic N) is 1. The lowest BCUT2D eigenvalue weighted by Gasteiger charge is -2.22. The smallest absolute Gasteiger partial charge is 0.0431 e. The molecule has 0 saturated heterocycles. The monoisotopic (exact) mass is 250 g/mol. The van der Waals surface area contributed by atoms with E-state index in [1.54, 1.807) is 0 Å². The van der Waals surface area contributed by atoms with Crippen molar-refractivity contribution >= 4 is 11.8 Å². The lowest BCUT2D eigenvalue weighted by molar-refractivity contribution is 0.516. The van der Waals surface area contributed by atoms with E-state index in [1.807, 2.05) is 11.8 Å². The van der Waals surface area contributed by atoms with Crippen LogP contribution in [0.2, 0.25) is 0 Å². The lowest BCUT2D eigenvalue weighted by Crippen LogP contribution is -2.10. The first kappa shape index (κ1) is 12.9. The van der Waals surface area contributed by atoms with E-state index in [4.69, 9.17) is 5.73 Å². The third-order valence-corrected chi connectivity index (χ3v) is 4.89. The molecule has 1 aliphatic carbocycles. The van der Waals surface area contributed by atoms with E-state index in [2.05, 4.69) is 24.9 Å². The van der Waals surface area contributed by atoms with Gasteiger partial charge in [-0.15, -0.1) is 11.8 Å². The average Bonchev–Trinajstić information content (AvgIpc) is 2.30. The molecule has 0 atom stereocenters. The molecule has 0 bridgehead atoms. The Labute approximate surface area is 108 Å². The predicted molar refractivity (Wildman–Crippen MR) is 74.3 cm³/mol. The van der Waals surface area contributed by atoms with E-state index in [9.17, 15) is 0 Å². The number of thioether (sulfide) groups is 1. The van der Waals surface area contributed by atoms with Gasteiger partial charge in [0, 0.05) is 33.6 Å². The molecule has 1 fully saturated rings. The average molecular weight is 250 g/mol. The minimum atomic E-state index is 0.605. The zero-order valence-electron chi connectivity index (χ0n) is 10.8. The van der Waals surface area contributed by atoms with Gasteiger partial charge in [0.25, 0.3) is 0 Å². The van der Waals surface area contributed by atoms with Crippen LogP contribution in [0.25, 0.3) is 0 Å². The summed E-state index contributed by atoms with van der Waals surface area (Å²) in [5, 5.41) is 0.787. The van der Waals surface area contributed by atoms with Crippen LogP contribution in [-0.4, -0.2) is 10.2 Å². The molecular weight excluding hydrogens is 228 g/mol. The highest BCUT2D eigenvalue weighted by Crippen LogP contribution is 2.36. The summed E-state index contributed by atoms with van der Waals surface area (Å²) in [5.41, 5.74) is 9.31. The van der Waals surface area contributed by atoms with Gasteiger partial charge in [-0.3, -0.25) is 4.98 Å². The minimum Gasteiger partial charge on any atom is -0.326 e. The largest absolute Gasteiger partial charge is 0.326 e. The topological polar surface area (TPSA) is 38.9 Å². The van der Waals surface area contributed by atoms with Gasteiger partial charge in [-0.05, 0) is 32.8 Å². The van der Waals surface area contributed by atoms with Gasteiger partial charge in [0.15, 0.2) is 0 Å². The van der Waals surface area contributed by atoms with E-state index in [1.165, 1.54) is 42.6 Å². The molecule has 1 aromatic rings. The molecule has 1 heterocycles. The number of pyridine rings is 1. The van der Waals surface area contributed by atoms with Crippen LogP contribution in [0.1, 0.15) is 49.1 Å². The Morgan fingerprint density at radius 1 is 1.29 bits per heavy atom. The van der Waals surface area contributed by atoms with Crippen LogP contribution >= 0.6 is 11.8 Å². The van der Waals surface area contributed by atoms with Gasteiger partial charge in [-0.1, -0.05) is 19.3 Å². The summed E-state index contributed by atoms with van der Waals surface area (Å²) in [6, 6.07) is 2.20. The molecule has 0 radical (unpaired) electrons. The lowest BCUT2D eigenvalue weighted by atomic mass is 10.0. The van der Waals surface area contributed by atoms with Crippen molar-refractivity contribution in [1.82, 2.24) is 4.98 Å². The van der Waals surface area contributed by atoms with E-state index in [0.717, 1.165) is 16.6 Å². The fourth-order valence-corrected chi connectivity index (χ4v) is 4.08. The van der Waals surface area contributed by atoms with Crippen molar-refractivity contribution < 1.29 is 0 Å². The van der Waals surface area contributed by atoms with Crippen molar-refractivity contribution in [3.63, 3.8) is 0 Å². The number of aromatic nitrogens is 1. The second-order valence-electron chi connectivity index (χ2n) is 4.91. The van der Waals surface area contributed by atoms with Crippen molar-refractivity contribution in [1.29, 1.82) is 0 Å². The highest BCUT2D eigenvalue weighted by Gasteiger charge is 2.17. The molecule has 0 amide bonds. The summed E-state index contributed by atoms with van der Waals surface area (Å²) in [6.07, 6.45) is 6.90. The molecule has 2 nitrogen and oxygen atoms in total. The zero-order chi connectivity index (χ0) is 12.3. The molecule has 3 heteroatoms. The van der Waals surface area contributed by atoms with Gasteiger partial charge in [-0.25, -0.2) is 0 Å². The van der Waals surface area contributed by atoms with Crippen LogP contribution in [0.15, 0.2) is 11.0 Å². The third-order valence-electron chi connectivity index (χ3n) is 3.47. The van der Waals surface area contributed by atoms with Gasteiger partial charge in [0.1, 0.15) is 0 Å². The fourth-order valence-electron chi connectivity index (χ4n) is 2.54. The first-order valence-electron chi connectivity index (χ1n) is 6.54. The second kappa shape index (κ2) is 5.87. The van der Waals surface area contributed by atoms with Crippen molar-refractivity contribution in [3.8, 4) is 0 Å². The quantitative estimate of drug-likeness (QED) is 0.891. The van der Waals surface area contributed by atoms with Crippen LogP contribution in [-0.2, 0) is 6.54 Å². The molecule has 0 aliphatic heterocycles. The molecule has 0 spiro atoms. The van der Waals surface area contributed by atoms with Crippen molar-refractivity contribution in [3.05, 3.63) is 23.0 Å². The molecule has 0 aromatic carbocycles. The Hall–Kier alpha value is -0.540. The van der Waals surface area contributed by atoms with Crippen LogP contribution in [0, 0.1) is 13.8 Å². The minimum absolute atomic E-state index is 0.605. The summed E-state index contributed by atoms with van der Waals surface area (Å²) in [6.45, 7) is 4.74. The van der Waals surface area contributed by atoms with Gasteiger partial charge >= 0.3 is 0 Å². The maximum atomic E-state index is 5.85. The van der Waals surface area contributed by atoms with E-state index in [0.29, 0.717) is 6.54 Å². The Bertz CT molecular complexity index is 384. The van der Waals surface area contributed by atoms with Crippen molar-refractivity contribution in [2.45, 2.75) is 62.6 Å². The molecule has 1 saturated carbocycles. The third kappa shape index (κ3) is 3.23. The number of hydrogen-bond donors (Lipinski definition) is 1. The molecule has 94 valence electrons. The van der Waals surface area contributed by atoms with E-state index < -0.39 is 0 Å². The zero-order valence-corrected chi connectivity index (χ0v) is 11.6. The number of rotatable bonds is 3. The summed E-state index contributed by atoms with van der Waals surface area (Å²) in [5.74, 6) is 0. The van der Waals surface area contributed by atoms with Gasteiger partial charge < -0.3 is 5.73 Å². The first-order chi connectivity index (χ1) is 8.20. The van der Waals surface area contributed by atoms with Gasteiger partial charge in [0.2, 0.25) is 0 Å². The molecular formula is C14H22N2S. The number of nitrogens with two attached hydrogens (primary N) is 1. The van der Waals surface area contributed by atoms with Crippen molar-refractivity contribution in [2.75, 3.05) is 0 Å². The van der Waals surface area contributed by atoms with Crippen LogP contribution in [0.5, 0.6) is 0 Å². The second-order valence-corrected chi connectivity index (χ2v) is 6.25. The molecule has 1 aromatic heterocycles. The Morgan fingerprint density at radius 3 is 2.65 bits per heavy atom. The summed E-state index contributed by atoms with van der Waals surface area (Å²) >= 11 is 2.02. The fraction of sp³-hybridized carbons (Fsp3) is 0.643. The standard InChI is InChI=1S/C14H22N2S/c1-10-8-14(13(9-15)11(2)16-10)17-12-6-4-3-5-7-12/h8,12H,3-7,9,15H2,1-2H3. The normalized spacial score (nSPS) is 17.4. The molecule has 2 N–H and O–H groups in total. The highest BCUT2D eigenvalue weighted by molar-refractivity contribution is 8.00. The van der Waals surface area contributed by atoms with Crippen LogP contribution in [0.3, 0.4) is 0 Å². The number of aryl methyl sites for hydroxylation is 2. The summed E-state index contributed by atoms with van der Waals surface area (Å²) in [7, 11) is 0. The first-order valence-corrected chi connectivity index (χ1v) is 7.42. The van der Waals surface area contributed by atoms with Gasteiger partial charge in [-0.2, -0.15) is 0 Å². The van der Waals surface area contributed by atoms with Crippen LogP contribution < -0.4 is 5.73 Å². The van der Waals surface area contributed by atoms with Gasteiger partial charge in [0.05, 0.1) is 0 Å².